The lowest BCUT2D eigenvalue weighted by molar-refractivity contribution is -0.120. The topological polar surface area (TPSA) is 29.1 Å². The van der Waals surface area contributed by atoms with Crippen LogP contribution in [0.3, 0.4) is 0 Å². The minimum absolute atomic E-state index is 0.0595. The number of alkyl halides is 1. The van der Waals surface area contributed by atoms with Crippen LogP contribution in [0.5, 0.6) is 0 Å². The van der Waals surface area contributed by atoms with E-state index in [2.05, 4.69) is 27.8 Å². The second-order valence-electron chi connectivity index (χ2n) is 2.03. The fourth-order valence-corrected chi connectivity index (χ4v) is 0.831. The Morgan fingerprint density at radius 3 is 2.90 bits per heavy atom. The molecule has 0 fully saturated rings. The molecule has 0 aliphatic rings. The number of hydrogen-bond acceptors (Lipinski definition) is 1. The molecule has 0 saturated heterocycles. The number of carbonyl (C=O) groups is 1. The Labute approximate surface area is 69.8 Å². The van der Waals surface area contributed by atoms with E-state index in [-0.39, 0.29) is 11.9 Å². The molecule has 10 heavy (non-hydrogen) atoms. The zero-order valence-electron chi connectivity index (χ0n) is 6.06. The van der Waals surface area contributed by atoms with Gasteiger partial charge in [-0.15, -0.1) is 6.58 Å². The maximum absolute atomic E-state index is 10.8. The summed E-state index contributed by atoms with van der Waals surface area (Å²) < 4.78 is 0. The Hall–Kier alpha value is -0.310. The molecule has 1 N–H and O–H groups in total. The quantitative estimate of drug-likeness (QED) is 0.547. The number of nitrogens with one attached hydrogen (secondary N) is 1. The first-order valence-electron chi connectivity index (χ1n) is 3.18. The van der Waals surface area contributed by atoms with Crippen LogP contribution in [0.15, 0.2) is 12.7 Å². The van der Waals surface area contributed by atoms with Gasteiger partial charge in [0.15, 0.2) is 0 Å². The van der Waals surface area contributed by atoms with Gasteiger partial charge in [-0.05, 0) is 6.92 Å². The first-order valence-corrected chi connectivity index (χ1v) is 4.30. The van der Waals surface area contributed by atoms with Gasteiger partial charge in [0, 0.05) is 17.8 Å². The Kier molecular flexibility index (Phi) is 5.30. The summed E-state index contributed by atoms with van der Waals surface area (Å²) in [7, 11) is 0. The third kappa shape index (κ3) is 4.56. The SMILES string of the molecule is C=CC(C)NC(=O)CCBr. The number of carbonyl (C=O) groups excluding carboxylic acids is 1. The van der Waals surface area contributed by atoms with Crippen LogP contribution in [0, 0.1) is 0 Å². The van der Waals surface area contributed by atoms with Crippen molar-refractivity contribution in [2.45, 2.75) is 19.4 Å². The lowest BCUT2D eigenvalue weighted by atomic mass is 10.3. The van der Waals surface area contributed by atoms with Crippen molar-refractivity contribution in [2.75, 3.05) is 5.33 Å². The molecule has 0 radical (unpaired) electrons. The number of halogens is 1. The van der Waals surface area contributed by atoms with Gasteiger partial charge in [0.1, 0.15) is 0 Å². The molecule has 0 rings (SSSR count). The Morgan fingerprint density at radius 1 is 1.90 bits per heavy atom. The molecule has 0 saturated carbocycles. The molecule has 1 amide bonds. The van der Waals surface area contributed by atoms with Crippen molar-refractivity contribution in [3.63, 3.8) is 0 Å². The molecule has 0 heterocycles. The van der Waals surface area contributed by atoms with Gasteiger partial charge in [-0.1, -0.05) is 22.0 Å². The minimum Gasteiger partial charge on any atom is -0.350 e. The molecule has 3 heteroatoms. The summed E-state index contributed by atoms with van der Waals surface area (Å²) in [6.07, 6.45) is 2.23. The summed E-state index contributed by atoms with van der Waals surface area (Å²) in [6.45, 7) is 5.44. The van der Waals surface area contributed by atoms with E-state index in [0.29, 0.717) is 11.8 Å². The lowest BCUT2D eigenvalue weighted by Crippen LogP contribution is -2.30. The van der Waals surface area contributed by atoms with E-state index in [9.17, 15) is 4.79 Å². The van der Waals surface area contributed by atoms with Crippen molar-refractivity contribution in [2.24, 2.45) is 0 Å². The van der Waals surface area contributed by atoms with Crippen molar-refractivity contribution in [1.82, 2.24) is 5.32 Å². The van der Waals surface area contributed by atoms with E-state index in [0.717, 1.165) is 0 Å². The van der Waals surface area contributed by atoms with Crippen LogP contribution in [-0.4, -0.2) is 17.3 Å². The zero-order valence-corrected chi connectivity index (χ0v) is 7.65. The molecule has 0 aromatic rings. The molecule has 0 aromatic carbocycles. The number of hydrogen-bond donors (Lipinski definition) is 1. The molecule has 0 aromatic heterocycles. The highest BCUT2D eigenvalue weighted by molar-refractivity contribution is 9.09. The smallest absolute Gasteiger partial charge is 0.221 e. The molecule has 0 aliphatic heterocycles. The maximum atomic E-state index is 10.8. The van der Waals surface area contributed by atoms with Crippen LogP contribution in [0.25, 0.3) is 0 Å². The van der Waals surface area contributed by atoms with E-state index < -0.39 is 0 Å². The Bertz CT molecular complexity index is 125. The van der Waals surface area contributed by atoms with E-state index in [1.54, 1.807) is 6.08 Å². The van der Waals surface area contributed by atoms with Crippen LogP contribution in [-0.2, 0) is 4.79 Å². The summed E-state index contributed by atoms with van der Waals surface area (Å²) in [5, 5.41) is 3.45. The second kappa shape index (κ2) is 5.47. The first-order chi connectivity index (χ1) is 4.70. The molecule has 1 unspecified atom stereocenters. The fraction of sp³-hybridized carbons (Fsp3) is 0.571. The highest BCUT2D eigenvalue weighted by Gasteiger charge is 2.01. The monoisotopic (exact) mass is 205 g/mol. The first kappa shape index (κ1) is 9.69. The van der Waals surface area contributed by atoms with E-state index in [4.69, 9.17) is 0 Å². The molecule has 0 aliphatic carbocycles. The lowest BCUT2D eigenvalue weighted by Gasteiger charge is -2.06. The van der Waals surface area contributed by atoms with Gasteiger partial charge < -0.3 is 5.32 Å². The highest BCUT2D eigenvalue weighted by Crippen LogP contribution is 1.89. The molecule has 58 valence electrons. The van der Waals surface area contributed by atoms with E-state index in [1.807, 2.05) is 6.92 Å². The van der Waals surface area contributed by atoms with Crippen LogP contribution in [0.1, 0.15) is 13.3 Å². The molecular weight excluding hydrogens is 194 g/mol. The van der Waals surface area contributed by atoms with Gasteiger partial charge in [-0.2, -0.15) is 0 Å². The predicted octanol–water partition coefficient (Wildman–Crippen LogP) is 1.46. The highest BCUT2D eigenvalue weighted by atomic mass is 79.9. The number of amides is 1. The predicted molar refractivity (Wildman–Crippen MR) is 46.2 cm³/mol. The third-order valence-corrected chi connectivity index (χ3v) is 1.46. The summed E-state index contributed by atoms with van der Waals surface area (Å²) >= 11 is 3.18. The summed E-state index contributed by atoms with van der Waals surface area (Å²) in [6, 6.07) is 0.0755. The average Bonchev–Trinajstić information content (AvgIpc) is 1.88. The maximum Gasteiger partial charge on any atom is 0.221 e. The molecular formula is C7H12BrNO. The largest absolute Gasteiger partial charge is 0.350 e. The van der Waals surface area contributed by atoms with Crippen molar-refractivity contribution < 1.29 is 4.79 Å². The van der Waals surface area contributed by atoms with Crippen molar-refractivity contribution >= 4 is 21.8 Å². The van der Waals surface area contributed by atoms with E-state index >= 15 is 0 Å². The summed E-state index contributed by atoms with van der Waals surface area (Å²) in [4.78, 5) is 10.8. The number of rotatable bonds is 4. The average molecular weight is 206 g/mol. The molecule has 0 bridgehead atoms. The Morgan fingerprint density at radius 2 is 2.50 bits per heavy atom. The van der Waals surface area contributed by atoms with Crippen molar-refractivity contribution in [3.8, 4) is 0 Å². The normalized spacial score (nSPS) is 12.2. The molecule has 0 spiro atoms. The molecule has 2 nitrogen and oxygen atoms in total. The zero-order chi connectivity index (χ0) is 7.98. The summed E-state index contributed by atoms with van der Waals surface area (Å²) in [5.74, 6) is 0.0595. The summed E-state index contributed by atoms with van der Waals surface area (Å²) in [5.41, 5.74) is 0. The van der Waals surface area contributed by atoms with E-state index in [1.165, 1.54) is 0 Å². The van der Waals surface area contributed by atoms with Gasteiger partial charge in [0.2, 0.25) is 5.91 Å². The van der Waals surface area contributed by atoms with Gasteiger partial charge in [0.05, 0.1) is 0 Å². The third-order valence-electron chi connectivity index (χ3n) is 1.06. The van der Waals surface area contributed by atoms with Gasteiger partial charge in [0.25, 0.3) is 0 Å². The standard InChI is InChI=1S/C7H12BrNO/c1-3-6(2)9-7(10)4-5-8/h3,6H,1,4-5H2,2H3,(H,9,10). The van der Waals surface area contributed by atoms with Gasteiger partial charge in [-0.3, -0.25) is 4.79 Å². The van der Waals surface area contributed by atoms with Crippen molar-refractivity contribution in [1.29, 1.82) is 0 Å². The fourth-order valence-electron chi connectivity index (χ4n) is 0.471. The Balaban J connectivity index is 3.46. The van der Waals surface area contributed by atoms with Gasteiger partial charge >= 0.3 is 0 Å². The second-order valence-corrected chi connectivity index (χ2v) is 2.82. The molecule has 1 atom stereocenters. The van der Waals surface area contributed by atoms with Crippen molar-refractivity contribution in [3.05, 3.63) is 12.7 Å². The minimum atomic E-state index is 0.0595. The van der Waals surface area contributed by atoms with Crippen LogP contribution in [0.2, 0.25) is 0 Å². The van der Waals surface area contributed by atoms with Crippen LogP contribution < -0.4 is 5.32 Å². The van der Waals surface area contributed by atoms with Crippen LogP contribution >= 0.6 is 15.9 Å². The van der Waals surface area contributed by atoms with Crippen LogP contribution in [0.4, 0.5) is 0 Å². The van der Waals surface area contributed by atoms with Gasteiger partial charge in [-0.25, -0.2) is 0 Å².